The van der Waals surface area contributed by atoms with E-state index in [1.165, 1.54) is 0 Å². The molecule has 0 saturated carbocycles. The van der Waals surface area contributed by atoms with Gasteiger partial charge >= 0.3 is 0 Å². The van der Waals surface area contributed by atoms with E-state index in [9.17, 15) is 4.79 Å². The highest BCUT2D eigenvalue weighted by molar-refractivity contribution is 5.92. The molecule has 1 aliphatic heterocycles. The largest absolute Gasteiger partial charge is 0.326 e. The van der Waals surface area contributed by atoms with Gasteiger partial charge in [0.1, 0.15) is 0 Å². The number of azo groups is 1. The summed E-state index contributed by atoms with van der Waals surface area (Å²) in [7, 11) is 0. The van der Waals surface area contributed by atoms with Crippen LogP contribution >= 0.6 is 0 Å². The van der Waals surface area contributed by atoms with E-state index >= 15 is 0 Å². The van der Waals surface area contributed by atoms with Crippen molar-refractivity contribution in [2.75, 3.05) is 18.4 Å². The van der Waals surface area contributed by atoms with Gasteiger partial charge in [-0.1, -0.05) is 18.2 Å². The normalized spacial score (nSPS) is 15.7. The van der Waals surface area contributed by atoms with E-state index < -0.39 is 0 Å². The fourth-order valence-corrected chi connectivity index (χ4v) is 1.30. The molecule has 0 spiro atoms. The Labute approximate surface area is 82.0 Å². The molecule has 14 heavy (non-hydrogen) atoms. The quantitative estimate of drug-likeness (QED) is 0.756. The molecule has 0 atom stereocenters. The fourth-order valence-electron chi connectivity index (χ4n) is 1.30. The predicted molar refractivity (Wildman–Crippen MR) is 53.2 cm³/mol. The molecular weight excluding hydrogens is 178 g/mol. The number of amides is 1. The number of para-hydroxylation sites is 1. The molecule has 1 aromatic rings. The minimum absolute atomic E-state index is 0.00111. The molecule has 1 amide bonds. The Morgan fingerprint density at radius 3 is 2.50 bits per heavy atom. The molecule has 4 heteroatoms. The number of benzene rings is 1. The first kappa shape index (κ1) is 8.87. The van der Waals surface area contributed by atoms with Crippen LogP contribution in [0.4, 0.5) is 5.69 Å². The maximum Gasteiger partial charge on any atom is 0.231 e. The molecule has 0 aromatic heterocycles. The van der Waals surface area contributed by atoms with Gasteiger partial charge in [-0.15, -0.1) is 0 Å². The Kier molecular flexibility index (Phi) is 2.53. The van der Waals surface area contributed by atoms with Crippen molar-refractivity contribution in [3.8, 4) is 0 Å². The van der Waals surface area contributed by atoms with E-state index in [4.69, 9.17) is 0 Å². The van der Waals surface area contributed by atoms with Gasteiger partial charge in [0.15, 0.2) is 0 Å². The lowest BCUT2D eigenvalue weighted by atomic mass is 10.1. The minimum atomic E-state index is -0.0878. The summed E-state index contributed by atoms with van der Waals surface area (Å²) in [6.07, 6.45) is 0. The van der Waals surface area contributed by atoms with E-state index in [0.717, 1.165) is 5.69 Å². The zero-order chi connectivity index (χ0) is 9.80. The van der Waals surface area contributed by atoms with Crippen LogP contribution in [0, 0.1) is 5.92 Å². The highest BCUT2D eigenvalue weighted by atomic mass is 16.1. The zero-order valence-corrected chi connectivity index (χ0v) is 7.68. The third-order valence-electron chi connectivity index (χ3n) is 2.12. The smallest absolute Gasteiger partial charge is 0.231 e. The van der Waals surface area contributed by atoms with Crippen LogP contribution in [0.2, 0.25) is 0 Å². The van der Waals surface area contributed by atoms with Gasteiger partial charge < -0.3 is 5.32 Å². The SMILES string of the molecule is O=C(Nc1ccccc1)C1CN=NC1. The lowest BCUT2D eigenvalue weighted by molar-refractivity contribution is -0.119. The molecule has 0 saturated heterocycles. The van der Waals surface area contributed by atoms with Crippen LogP contribution < -0.4 is 5.32 Å². The maximum atomic E-state index is 11.6. The van der Waals surface area contributed by atoms with Gasteiger partial charge in [-0.25, -0.2) is 0 Å². The maximum absolute atomic E-state index is 11.6. The molecule has 0 aliphatic carbocycles. The van der Waals surface area contributed by atoms with Crippen molar-refractivity contribution in [3.63, 3.8) is 0 Å². The second-order valence-corrected chi connectivity index (χ2v) is 3.20. The first-order valence-electron chi connectivity index (χ1n) is 4.55. The standard InChI is InChI=1S/C10H11N3O/c14-10(8-6-11-12-7-8)13-9-4-2-1-3-5-9/h1-5,8H,6-7H2,(H,13,14). The molecule has 4 nitrogen and oxygen atoms in total. The molecule has 1 N–H and O–H groups in total. The summed E-state index contributed by atoms with van der Waals surface area (Å²) in [6.45, 7) is 1.03. The van der Waals surface area contributed by atoms with E-state index in [0.29, 0.717) is 13.1 Å². The Bertz CT molecular complexity index is 340. The van der Waals surface area contributed by atoms with Gasteiger partial charge in [0.25, 0.3) is 0 Å². The number of carbonyl (C=O) groups is 1. The van der Waals surface area contributed by atoms with Gasteiger partial charge in [-0.2, -0.15) is 10.2 Å². The van der Waals surface area contributed by atoms with E-state index in [2.05, 4.69) is 15.5 Å². The second kappa shape index (κ2) is 4.00. The number of carbonyl (C=O) groups excluding carboxylic acids is 1. The first-order chi connectivity index (χ1) is 6.86. The van der Waals surface area contributed by atoms with Crippen molar-refractivity contribution < 1.29 is 4.79 Å². The van der Waals surface area contributed by atoms with Crippen molar-refractivity contribution in [3.05, 3.63) is 30.3 Å². The van der Waals surface area contributed by atoms with Gasteiger partial charge in [0.05, 0.1) is 19.0 Å². The lowest BCUT2D eigenvalue weighted by Gasteiger charge is -2.07. The van der Waals surface area contributed by atoms with Crippen molar-refractivity contribution in [1.82, 2.24) is 0 Å². The number of hydrogen-bond acceptors (Lipinski definition) is 3. The monoisotopic (exact) mass is 189 g/mol. The van der Waals surface area contributed by atoms with Gasteiger partial charge in [0.2, 0.25) is 5.91 Å². The average Bonchev–Trinajstić information content (AvgIpc) is 2.72. The Balaban J connectivity index is 1.95. The van der Waals surface area contributed by atoms with Gasteiger partial charge in [-0.05, 0) is 12.1 Å². The first-order valence-corrected chi connectivity index (χ1v) is 4.55. The van der Waals surface area contributed by atoms with Crippen LogP contribution in [0.3, 0.4) is 0 Å². The van der Waals surface area contributed by atoms with Crippen molar-refractivity contribution in [2.45, 2.75) is 0 Å². The lowest BCUT2D eigenvalue weighted by Crippen LogP contribution is -2.24. The average molecular weight is 189 g/mol. The molecule has 1 aliphatic rings. The summed E-state index contributed by atoms with van der Waals surface area (Å²) in [5.74, 6) is -0.0867. The van der Waals surface area contributed by atoms with E-state index in [-0.39, 0.29) is 11.8 Å². The van der Waals surface area contributed by atoms with Crippen molar-refractivity contribution >= 4 is 11.6 Å². The molecule has 0 radical (unpaired) electrons. The predicted octanol–water partition coefficient (Wildman–Crippen LogP) is 1.71. The van der Waals surface area contributed by atoms with Gasteiger partial charge in [-0.3, -0.25) is 4.79 Å². The summed E-state index contributed by atoms with van der Waals surface area (Å²) in [4.78, 5) is 11.6. The fraction of sp³-hybridized carbons (Fsp3) is 0.300. The summed E-state index contributed by atoms with van der Waals surface area (Å²) >= 11 is 0. The van der Waals surface area contributed by atoms with Crippen molar-refractivity contribution in [2.24, 2.45) is 16.1 Å². The van der Waals surface area contributed by atoms with Crippen LogP contribution in [0.5, 0.6) is 0 Å². The molecule has 0 unspecified atom stereocenters. The highest BCUT2D eigenvalue weighted by Gasteiger charge is 2.21. The molecule has 0 fully saturated rings. The van der Waals surface area contributed by atoms with Crippen LogP contribution in [-0.4, -0.2) is 19.0 Å². The Hall–Kier alpha value is -1.71. The summed E-state index contributed by atoms with van der Waals surface area (Å²) in [5, 5.41) is 10.4. The van der Waals surface area contributed by atoms with E-state index in [1.807, 2.05) is 30.3 Å². The van der Waals surface area contributed by atoms with Crippen LogP contribution in [0.1, 0.15) is 0 Å². The summed E-state index contributed by atoms with van der Waals surface area (Å²) < 4.78 is 0. The summed E-state index contributed by atoms with van der Waals surface area (Å²) in [6, 6.07) is 9.41. The summed E-state index contributed by atoms with van der Waals surface area (Å²) in [5.41, 5.74) is 0.824. The molecule has 72 valence electrons. The Morgan fingerprint density at radius 2 is 1.86 bits per heavy atom. The highest BCUT2D eigenvalue weighted by Crippen LogP contribution is 2.11. The number of nitrogens with one attached hydrogen (secondary N) is 1. The minimum Gasteiger partial charge on any atom is -0.326 e. The zero-order valence-electron chi connectivity index (χ0n) is 7.68. The van der Waals surface area contributed by atoms with Crippen LogP contribution in [0.25, 0.3) is 0 Å². The van der Waals surface area contributed by atoms with Crippen molar-refractivity contribution in [1.29, 1.82) is 0 Å². The second-order valence-electron chi connectivity index (χ2n) is 3.20. The number of hydrogen-bond donors (Lipinski definition) is 1. The van der Waals surface area contributed by atoms with Gasteiger partial charge in [0, 0.05) is 5.69 Å². The van der Waals surface area contributed by atoms with Crippen LogP contribution in [0.15, 0.2) is 40.6 Å². The number of rotatable bonds is 2. The third-order valence-corrected chi connectivity index (χ3v) is 2.12. The molecule has 0 bridgehead atoms. The topological polar surface area (TPSA) is 53.8 Å². The molecule has 2 rings (SSSR count). The molecule has 1 aromatic carbocycles. The third kappa shape index (κ3) is 1.96. The Morgan fingerprint density at radius 1 is 1.21 bits per heavy atom. The number of anilines is 1. The number of nitrogens with zero attached hydrogens (tertiary/aromatic N) is 2. The van der Waals surface area contributed by atoms with Crippen LogP contribution in [-0.2, 0) is 4.79 Å². The van der Waals surface area contributed by atoms with E-state index in [1.54, 1.807) is 0 Å². The molecule has 1 heterocycles. The molecular formula is C10H11N3O.